The molecule has 2 aromatic heterocycles. The maximum atomic E-state index is 10.6. The highest BCUT2D eigenvalue weighted by molar-refractivity contribution is 6.11. The smallest absolute Gasteiger partial charge is 0.0998 e. The van der Waals surface area contributed by atoms with Crippen LogP contribution in [0.2, 0.25) is 0 Å². The molecule has 0 fully saturated rings. The molecular weight excluding hydrogens is 611 g/mol. The quantitative estimate of drug-likeness (QED) is 0.193. The monoisotopic (exact) mass is 635 g/mol. The molecule has 0 aliphatic heterocycles. The first-order valence-electron chi connectivity index (χ1n) is 16.3. The summed E-state index contributed by atoms with van der Waals surface area (Å²) in [5.74, 6) is 0. The van der Waals surface area contributed by atoms with Crippen LogP contribution in [0.1, 0.15) is 16.7 Å². The highest BCUT2D eigenvalue weighted by Crippen LogP contribution is 2.42. The van der Waals surface area contributed by atoms with E-state index in [0.717, 1.165) is 66.5 Å². The minimum absolute atomic E-state index is 0.507. The van der Waals surface area contributed by atoms with E-state index in [2.05, 4.69) is 118 Å². The van der Waals surface area contributed by atoms with Crippen LogP contribution < -0.4 is 0 Å². The van der Waals surface area contributed by atoms with Gasteiger partial charge in [0.2, 0.25) is 0 Å². The Morgan fingerprint density at radius 2 is 0.980 bits per heavy atom. The van der Waals surface area contributed by atoms with Gasteiger partial charge < -0.3 is 9.13 Å². The third-order valence-corrected chi connectivity index (χ3v) is 9.62. The molecule has 50 heavy (non-hydrogen) atoms. The van der Waals surface area contributed by atoms with Gasteiger partial charge in [-0.3, -0.25) is 0 Å². The van der Waals surface area contributed by atoms with Gasteiger partial charge in [-0.2, -0.15) is 15.8 Å². The van der Waals surface area contributed by atoms with Crippen LogP contribution in [0.5, 0.6) is 0 Å². The highest BCUT2D eigenvalue weighted by Gasteiger charge is 2.21. The Bertz CT molecular complexity index is 2920. The van der Waals surface area contributed by atoms with Gasteiger partial charge in [0.25, 0.3) is 0 Å². The first kappa shape index (κ1) is 28.8. The third-order valence-electron chi connectivity index (χ3n) is 9.62. The molecule has 0 saturated carbocycles. The molecule has 0 N–H and O–H groups in total. The van der Waals surface area contributed by atoms with Gasteiger partial charge in [-0.05, 0) is 77.9 Å². The largest absolute Gasteiger partial charge is 0.309 e. The van der Waals surface area contributed by atoms with E-state index in [4.69, 9.17) is 0 Å². The lowest BCUT2D eigenvalue weighted by Gasteiger charge is -2.19. The molecule has 0 radical (unpaired) electrons. The summed E-state index contributed by atoms with van der Waals surface area (Å²) < 4.78 is 4.44. The SMILES string of the molecule is N#Cc1ccc(-c2c(C#N)cccc2-c2cccc(-n3c4ccccc4c4ccccc43)c2)c(-n2c3ccccc3c3cc(C#N)ccc32)c1. The van der Waals surface area contributed by atoms with Crippen LogP contribution in [0.15, 0.2) is 152 Å². The van der Waals surface area contributed by atoms with Gasteiger partial charge in [0.1, 0.15) is 0 Å². The number of aromatic nitrogens is 2. The predicted molar refractivity (Wildman–Crippen MR) is 200 cm³/mol. The first-order valence-corrected chi connectivity index (χ1v) is 16.3. The fourth-order valence-corrected chi connectivity index (χ4v) is 7.49. The normalized spacial score (nSPS) is 11.1. The van der Waals surface area contributed by atoms with Crippen molar-refractivity contribution in [3.05, 3.63) is 168 Å². The van der Waals surface area contributed by atoms with Gasteiger partial charge in [-0.25, -0.2) is 0 Å². The third kappa shape index (κ3) is 4.31. The van der Waals surface area contributed by atoms with Gasteiger partial charge in [0.05, 0.1) is 62.7 Å². The number of para-hydroxylation sites is 3. The van der Waals surface area contributed by atoms with E-state index >= 15 is 0 Å². The number of nitrogens with zero attached hydrogens (tertiary/aromatic N) is 5. The molecule has 0 saturated heterocycles. The van der Waals surface area contributed by atoms with Gasteiger partial charge in [0, 0.05) is 38.4 Å². The molecule has 0 spiro atoms. The fourth-order valence-electron chi connectivity index (χ4n) is 7.49. The van der Waals surface area contributed by atoms with Crippen LogP contribution >= 0.6 is 0 Å². The first-order chi connectivity index (χ1) is 24.7. The Morgan fingerprint density at radius 1 is 0.400 bits per heavy atom. The van der Waals surface area contributed by atoms with Crippen molar-refractivity contribution in [3.8, 4) is 51.8 Å². The number of hydrogen-bond acceptors (Lipinski definition) is 3. The Balaban J connectivity index is 1.32. The second-order valence-corrected chi connectivity index (χ2v) is 12.3. The predicted octanol–water partition coefficient (Wildman–Crippen LogP) is 10.8. The van der Waals surface area contributed by atoms with Crippen molar-refractivity contribution in [1.29, 1.82) is 15.8 Å². The lowest BCUT2D eigenvalue weighted by Crippen LogP contribution is -2.01. The van der Waals surface area contributed by atoms with Crippen molar-refractivity contribution >= 4 is 43.6 Å². The van der Waals surface area contributed by atoms with Crippen LogP contribution in [0.4, 0.5) is 0 Å². The van der Waals surface area contributed by atoms with E-state index in [1.54, 1.807) is 0 Å². The molecule has 0 amide bonds. The van der Waals surface area contributed by atoms with Gasteiger partial charge >= 0.3 is 0 Å². The summed E-state index contributed by atoms with van der Waals surface area (Å²) in [6.07, 6.45) is 0. The molecule has 0 unspecified atom stereocenters. The molecule has 5 nitrogen and oxygen atoms in total. The standard InChI is InChI=1S/C45H25N5/c46-26-29-20-22-43-39(23-29)37-14-3-6-18-42(37)50(43)44-24-30(27-47)19-21-38(44)45-32(28-48)10-8-15-34(45)31-9-7-11-33(25-31)49-40-16-4-1-12-35(40)36-13-2-5-17-41(36)49/h1-25H. The maximum absolute atomic E-state index is 10.6. The van der Waals surface area contributed by atoms with E-state index in [0.29, 0.717) is 16.7 Å². The van der Waals surface area contributed by atoms with Gasteiger partial charge in [0.15, 0.2) is 0 Å². The summed E-state index contributed by atoms with van der Waals surface area (Å²) in [5, 5.41) is 34.7. The second-order valence-electron chi connectivity index (χ2n) is 12.3. The molecule has 5 heteroatoms. The average molecular weight is 636 g/mol. The number of fused-ring (bicyclic) bond motifs is 6. The van der Waals surface area contributed by atoms with E-state index in [9.17, 15) is 15.8 Å². The maximum Gasteiger partial charge on any atom is 0.0998 e. The molecule has 7 aromatic carbocycles. The number of rotatable bonds is 4. The Morgan fingerprint density at radius 3 is 1.66 bits per heavy atom. The molecule has 0 bridgehead atoms. The van der Waals surface area contributed by atoms with Crippen LogP contribution in [-0.2, 0) is 0 Å². The highest BCUT2D eigenvalue weighted by atomic mass is 15.0. The Labute approximate surface area is 287 Å². The van der Waals surface area contributed by atoms with Crippen LogP contribution in [0.25, 0.3) is 77.2 Å². The summed E-state index contributed by atoms with van der Waals surface area (Å²) in [5.41, 5.74) is 11.0. The van der Waals surface area contributed by atoms with E-state index in [-0.39, 0.29) is 0 Å². The summed E-state index contributed by atoms with van der Waals surface area (Å²) in [6.45, 7) is 0. The van der Waals surface area contributed by atoms with Gasteiger partial charge in [-0.1, -0.05) is 84.9 Å². The molecule has 9 aromatic rings. The molecule has 0 aliphatic rings. The average Bonchev–Trinajstić information content (AvgIpc) is 3.70. The van der Waals surface area contributed by atoms with Crippen molar-refractivity contribution in [2.75, 3.05) is 0 Å². The minimum Gasteiger partial charge on any atom is -0.309 e. The summed E-state index contributed by atoms with van der Waals surface area (Å²) in [7, 11) is 0. The van der Waals surface area contributed by atoms with Crippen molar-refractivity contribution in [3.63, 3.8) is 0 Å². The summed E-state index contributed by atoms with van der Waals surface area (Å²) in [4.78, 5) is 0. The molecule has 9 rings (SSSR count). The topological polar surface area (TPSA) is 81.2 Å². The number of benzene rings is 7. The zero-order chi connectivity index (χ0) is 33.8. The zero-order valence-corrected chi connectivity index (χ0v) is 26.7. The molecule has 230 valence electrons. The van der Waals surface area contributed by atoms with Gasteiger partial charge in [-0.15, -0.1) is 0 Å². The van der Waals surface area contributed by atoms with E-state index < -0.39 is 0 Å². The van der Waals surface area contributed by atoms with Crippen molar-refractivity contribution in [2.24, 2.45) is 0 Å². The lowest BCUT2D eigenvalue weighted by atomic mass is 9.89. The number of nitriles is 3. The molecular formula is C45H25N5. The van der Waals surface area contributed by atoms with E-state index in [1.165, 1.54) is 10.8 Å². The lowest BCUT2D eigenvalue weighted by molar-refractivity contribution is 1.18. The van der Waals surface area contributed by atoms with Crippen molar-refractivity contribution < 1.29 is 0 Å². The van der Waals surface area contributed by atoms with Crippen LogP contribution in [-0.4, -0.2) is 9.13 Å². The van der Waals surface area contributed by atoms with Crippen LogP contribution in [0.3, 0.4) is 0 Å². The van der Waals surface area contributed by atoms with Crippen molar-refractivity contribution in [2.45, 2.75) is 0 Å². The number of hydrogen-bond donors (Lipinski definition) is 0. The molecule has 0 aliphatic carbocycles. The Hall–Kier alpha value is -7.39. The van der Waals surface area contributed by atoms with Crippen LogP contribution in [0, 0.1) is 34.0 Å². The minimum atomic E-state index is 0.507. The van der Waals surface area contributed by atoms with E-state index in [1.807, 2.05) is 60.7 Å². The Kier molecular flexibility index (Phi) is 6.56. The van der Waals surface area contributed by atoms with Crippen molar-refractivity contribution in [1.82, 2.24) is 9.13 Å². The molecule has 0 atom stereocenters. The second kappa shape index (κ2) is 11.4. The summed E-state index contributed by atoms with van der Waals surface area (Å²) >= 11 is 0. The fraction of sp³-hybridized carbons (Fsp3) is 0. The molecule has 2 heterocycles. The zero-order valence-electron chi connectivity index (χ0n) is 26.7. The summed E-state index contributed by atoms with van der Waals surface area (Å²) in [6, 6.07) is 57.7.